The lowest BCUT2D eigenvalue weighted by Gasteiger charge is -2.34. The summed E-state index contributed by atoms with van der Waals surface area (Å²) in [6.45, 7) is 8.89. The number of anilines is 2. The van der Waals surface area contributed by atoms with Gasteiger partial charge in [0.25, 0.3) is 0 Å². The molecule has 0 unspecified atom stereocenters. The highest BCUT2D eigenvalue weighted by atomic mass is 16.6. The second-order valence-corrected chi connectivity index (χ2v) is 11.2. The maximum atomic E-state index is 12.7. The van der Waals surface area contributed by atoms with Crippen molar-refractivity contribution in [1.82, 2.24) is 34.4 Å². The summed E-state index contributed by atoms with van der Waals surface area (Å²) in [5.74, 6) is 2.13. The van der Waals surface area contributed by atoms with E-state index >= 15 is 0 Å². The molecule has 0 bridgehead atoms. The zero-order valence-corrected chi connectivity index (χ0v) is 23.5. The number of carbonyl (C=O) groups is 1. The van der Waals surface area contributed by atoms with E-state index in [1.165, 1.54) is 12.7 Å². The van der Waals surface area contributed by atoms with Crippen LogP contribution >= 0.6 is 0 Å². The van der Waals surface area contributed by atoms with Gasteiger partial charge < -0.3 is 19.7 Å². The predicted octanol–water partition coefficient (Wildman–Crippen LogP) is 6.03. The van der Waals surface area contributed by atoms with Gasteiger partial charge in [-0.25, -0.2) is 29.2 Å². The van der Waals surface area contributed by atoms with Crippen LogP contribution in [-0.2, 0) is 4.74 Å². The lowest BCUT2D eigenvalue weighted by molar-refractivity contribution is 0.0197. The Balaban J connectivity index is 1.20. The van der Waals surface area contributed by atoms with E-state index in [9.17, 15) is 4.79 Å². The molecular weight excluding hydrogens is 520 g/mol. The molecule has 0 radical (unpaired) electrons. The Labute approximate surface area is 237 Å². The summed E-state index contributed by atoms with van der Waals surface area (Å²) in [4.78, 5) is 32.6. The summed E-state index contributed by atoms with van der Waals surface area (Å²) in [6, 6.07) is 13.5. The third-order valence-corrected chi connectivity index (χ3v) is 6.91. The van der Waals surface area contributed by atoms with Crippen LogP contribution in [0.5, 0.6) is 11.5 Å². The number of aromatic nitrogens is 6. The van der Waals surface area contributed by atoms with E-state index in [0.717, 1.165) is 41.1 Å². The number of aryl methyl sites for hydroxylation is 1. The first-order valence-electron chi connectivity index (χ1n) is 13.7. The molecule has 5 aromatic rings. The normalized spacial score (nSPS) is 15.7. The topological polar surface area (TPSA) is 120 Å². The number of amides is 1. The van der Waals surface area contributed by atoms with Gasteiger partial charge in [-0.15, -0.1) is 0 Å². The van der Waals surface area contributed by atoms with Crippen molar-refractivity contribution in [2.45, 2.75) is 52.1 Å². The molecule has 11 nitrogen and oxygen atoms in total. The van der Waals surface area contributed by atoms with Crippen LogP contribution in [0.2, 0.25) is 0 Å². The van der Waals surface area contributed by atoms with Gasteiger partial charge in [-0.1, -0.05) is 0 Å². The minimum Gasteiger partial charge on any atom is -0.457 e. The Morgan fingerprint density at radius 1 is 1.05 bits per heavy atom. The third kappa shape index (κ3) is 5.88. The van der Waals surface area contributed by atoms with Gasteiger partial charge in [0.05, 0.1) is 5.52 Å². The molecule has 1 aromatic carbocycles. The summed E-state index contributed by atoms with van der Waals surface area (Å²) in [5, 5.41) is 7.52. The number of carbonyl (C=O) groups excluding carboxylic acids is 1. The second-order valence-electron chi connectivity index (χ2n) is 11.2. The molecule has 6 rings (SSSR count). The summed E-state index contributed by atoms with van der Waals surface area (Å²) in [5.41, 5.74) is 4.32. The zero-order chi connectivity index (χ0) is 28.6. The van der Waals surface area contributed by atoms with E-state index in [2.05, 4.69) is 25.4 Å². The van der Waals surface area contributed by atoms with Gasteiger partial charge in [-0.3, -0.25) is 0 Å². The Kier molecular flexibility index (Phi) is 6.86. The van der Waals surface area contributed by atoms with Gasteiger partial charge in [0.2, 0.25) is 0 Å². The van der Waals surface area contributed by atoms with Crippen LogP contribution in [0.15, 0.2) is 61.3 Å². The van der Waals surface area contributed by atoms with Gasteiger partial charge in [-0.2, -0.15) is 5.10 Å². The molecule has 1 atom stereocenters. The largest absolute Gasteiger partial charge is 0.457 e. The number of rotatable bonds is 5. The smallest absolute Gasteiger partial charge is 0.410 e. The number of fused-ring (bicyclic) bond motifs is 2. The van der Waals surface area contributed by atoms with E-state index < -0.39 is 5.60 Å². The molecule has 1 saturated heterocycles. The molecule has 1 N–H and O–H groups in total. The summed E-state index contributed by atoms with van der Waals surface area (Å²) >= 11 is 0. The highest BCUT2D eigenvalue weighted by Crippen LogP contribution is 2.32. The standard InChI is InChI=1S/C30H32N8O3/c1-19-14-21(7-10-25(19)40-22-11-13-38-26(15-22)32-18-34-38)35-28-27-24(31-17-33-28)9-8-23(36-27)20-6-5-12-37(16-20)29(39)41-30(2,3)4/h7-11,13-15,17-18,20H,5-6,12,16H2,1-4H3,(H,31,33,35)/t20-/m1/s1. The number of ether oxygens (including phenoxy) is 2. The predicted molar refractivity (Wildman–Crippen MR) is 155 cm³/mol. The van der Waals surface area contributed by atoms with Gasteiger partial charge in [0.15, 0.2) is 11.5 Å². The van der Waals surface area contributed by atoms with E-state index in [-0.39, 0.29) is 12.0 Å². The highest BCUT2D eigenvalue weighted by Gasteiger charge is 2.29. The van der Waals surface area contributed by atoms with Gasteiger partial charge in [0, 0.05) is 42.7 Å². The van der Waals surface area contributed by atoms with Crippen LogP contribution in [0.3, 0.4) is 0 Å². The van der Waals surface area contributed by atoms with Crippen molar-refractivity contribution < 1.29 is 14.3 Å². The van der Waals surface area contributed by atoms with Crippen molar-refractivity contribution in [2.24, 2.45) is 0 Å². The SMILES string of the molecule is Cc1cc(Nc2ncnc3ccc([C@@H]4CCCN(C(=O)OC(C)(C)C)C4)nc23)ccc1Oc1ccn2ncnc2c1. The van der Waals surface area contributed by atoms with E-state index in [1.807, 2.05) is 76.4 Å². The summed E-state index contributed by atoms with van der Waals surface area (Å²) in [7, 11) is 0. The molecule has 1 aliphatic rings. The Morgan fingerprint density at radius 2 is 1.93 bits per heavy atom. The first-order chi connectivity index (χ1) is 19.7. The highest BCUT2D eigenvalue weighted by molar-refractivity contribution is 5.87. The number of nitrogens with zero attached hydrogens (tertiary/aromatic N) is 7. The van der Waals surface area contributed by atoms with Gasteiger partial charge in [0.1, 0.15) is 35.3 Å². The van der Waals surface area contributed by atoms with Crippen molar-refractivity contribution in [3.8, 4) is 11.5 Å². The molecule has 11 heteroatoms. The fourth-order valence-corrected chi connectivity index (χ4v) is 4.95. The van der Waals surface area contributed by atoms with Gasteiger partial charge >= 0.3 is 6.09 Å². The molecule has 0 spiro atoms. The molecule has 4 aromatic heterocycles. The minimum atomic E-state index is -0.530. The third-order valence-electron chi connectivity index (χ3n) is 6.91. The van der Waals surface area contributed by atoms with Crippen LogP contribution in [0.1, 0.15) is 50.8 Å². The fourth-order valence-electron chi connectivity index (χ4n) is 4.95. The summed E-state index contributed by atoms with van der Waals surface area (Å²) in [6.07, 6.45) is 6.40. The number of hydrogen-bond acceptors (Lipinski definition) is 9. The minimum absolute atomic E-state index is 0.101. The fraction of sp³-hybridized carbons (Fsp3) is 0.333. The maximum absolute atomic E-state index is 12.7. The number of piperidine rings is 1. The Hall–Kier alpha value is -4.80. The molecule has 1 fully saturated rings. The van der Waals surface area contributed by atoms with Crippen LogP contribution in [0, 0.1) is 6.92 Å². The lowest BCUT2D eigenvalue weighted by atomic mass is 9.94. The first-order valence-corrected chi connectivity index (χ1v) is 13.7. The quantitative estimate of drug-likeness (QED) is 0.279. The number of benzene rings is 1. The molecule has 5 heterocycles. The van der Waals surface area contributed by atoms with Crippen LogP contribution in [0.25, 0.3) is 16.7 Å². The van der Waals surface area contributed by atoms with Crippen molar-refractivity contribution in [3.63, 3.8) is 0 Å². The molecule has 0 aliphatic carbocycles. The van der Waals surface area contributed by atoms with E-state index in [4.69, 9.17) is 14.5 Å². The zero-order valence-electron chi connectivity index (χ0n) is 23.5. The van der Waals surface area contributed by atoms with E-state index in [0.29, 0.717) is 35.8 Å². The summed E-state index contributed by atoms with van der Waals surface area (Å²) < 4.78 is 13.4. The monoisotopic (exact) mass is 552 g/mol. The van der Waals surface area contributed by atoms with Crippen molar-refractivity contribution in [2.75, 3.05) is 18.4 Å². The number of hydrogen-bond donors (Lipinski definition) is 1. The average molecular weight is 553 g/mol. The van der Waals surface area contributed by atoms with Crippen LogP contribution < -0.4 is 10.1 Å². The van der Waals surface area contributed by atoms with Crippen molar-refractivity contribution >= 4 is 34.3 Å². The van der Waals surface area contributed by atoms with E-state index in [1.54, 1.807) is 9.42 Å². The molecule has 210 valence electrons. The molecule has 1 aliphatic heterocycles. The Morgan fingerprint density at radius 3 is 2.76 bits per heavy atom. The second kappa shape index (κ2) is 10.6. The first kappa shape index (κ1) is 26.4. The van der Waals surface area contributed by atoms with Gasteiger partial charge in [-0.05, 0) is 82.5 Å². The van der Waals surface area contributed by atoms with Crippen LogP contribution in [-0.4, -0.2) is 59.2 Å². The lowest BCUT2D eigenvalue weighted by Crippen LogP contribution is -2.42. The van der Waals surface area contributed by atoms with Crippen LogP contribution in [0.4, 0.5) is 16.3 Å². The number of likely N-dealkylation sites (tertiary alicyclic amines) is 1. The molecule has 1 amide bonds. The molecular formula is C30H32N8O3. The Bertz CT molecular complexity index is 1730. The molecule has 41 heavy (non-hydrogen) atoms. The van der Waals surface area contributed by atoms with Crippen molar-refractivity contribution in [3.05, 3.63) is 72.6 Å². The molecule has 0 saturated carbocycles. The number of pyridine rings is 2. The maximum Gasteiger partial charge on any atom is 0.410 e. The van der Waals surface area contributed by atoms with Crippen molar-refractivity contribution in [1.29, 1.82) is 0 Å². The number of nitrogens with one attached hydrogen (secondary N) is 1. The average Bonchev–Trinajstić information content (AvgIpc) is 3.42.